The van der Waals surface area contributed by atoms with Gasteiger partial charge in [0.25, 0.3) is 5.56 Å². The van der Waals surface area contributed by atoms with Crippen LogP contribution in [0, 0.1) is 0 Å². The van der Waals surface area contributed by atoms with Gasteiger partial charge in [0.15, 0.2) is 6.23 Å². The second-order valence-corrected chi connectivity index (χ2v) is 6.76. The van der Waals surface area contributed by atoms with Crippen molar-refractivity contribution >= 4 is 34.3 Å². The average Bonchev–Trinajstić information content (AvgIpc) is 2.62. The summed E-state index contributed by atoms with van der Waals surface area (Å²) in [5.74, 6) is -0.0461. The predicted octanol–water partition coefficient (Wildman–Crippen LogP) is 1.59. The smallest absolute Gasteiger partial charge is 0.280 e. The van der Waals surface area contributed by atoms with E-state index in [0.29, 0.717) is 27.2 Å². The standard InChI is InChI=1S/C19H15ClN4O4/c20-12-5-11(6-13(8-12)28-18-9-16(25)22-18)7-17(26)23-24-10-21-15-4-2-1-3-14(15)19(24)27/h1-6,8,10,18H,7,9H2,(H,22,25)(H,23,26). The Morgan fingerprint density at radius 2 is 2.07 bits per heavy atom. The molecule has 1 unspecified atom stereocenters. The molecule has 2 heterocycles. The molecule has 1 aliphatic heterocycles. The number of benzene rings is 2. The number of aromatic nitrogens is 2. The van der Waals surface area contributed by atoms with Crippen molar-refractivity contribution in [3.63, 3.8) is 0 Å². The van der Waals surface area contributed by atoms with E-state index in [1.54, 1.807) is 42.5 Å². The van der Waals surface area contributed by atoms with Crippen LogP contribution in [0.5, 0.6) is 5.75 Å². The van der Waals surface area contributed by atoms with Gasteiger partial charge in [0.05, 0.1) is 23.7 Å². The Balaban J connectivity index is 1.48. The first-order chi connectivity index (χ1) is 13.5. The lowest BCUT2D eigenvalue weighted by Crippen LogP contribution is -2.51. The number of nitrogens with one attached hydrogen (secondary N) is 2. The number of nitrogens with zero attached hydrogens (tertiary/aromatic N) is 2. The van der Waals surface area contributed by atoms with Crippen molar-refractivity contribution in [1.29, 1.82) is 0 Å². The number of fused-ring (bicyclic) bond motifs is 1. The van der Waals surface area contributed by atoms with E-state index >= 15 is 0 Å². The minimum Gasteiger partial charge on any atom is -0.470 e. The molecule has 1 aliphatic rings. The number of carbonyl (C=O) groups is 2. The molecule has 0 aliphatic carbocycles. The van der Waals surface area contributed by atoms with Crippen LogP contribution >= 0.6 is 11.6 Å². The molecule has 0 spiro atoms. The molecule has 3 aromatic rings. The largest absolute Gasteiger partial charge is 0.470 e. The van der Waals surface area contributed by atoms with Crippen LogP contribution in [-0.4, -0.2) is 27.7 Å². The molecule has 2 aromatic carbocycles. The molecule has 1 aromatic heterocycles. The van der Waals surface area contributed by atoms with Gasteiger partial charge in [-0.2, -0.15) is 0 Å². The number of rotatable bonds is 5. The number of ether oxygens (including phenoxy) is 1. The van der Waals surface area contributed by atoms with Gasteiger partial charge in [-0.25, -0.2) is 9.66 Å². The van der Waals surface area contributed by atoms with Gasteiger partial charge in [0.1, 0.15) is 12.1 Å². The molecule has 2 N–H and O–H groups in total. The Morgan fingerprint density at radius 1 is 1.29 bits per heavy atom. The Bertz CT molecular complexity index is 1140. The van der Waals surface area contributed by atoms with E-state index in [1.165, 1.54) is 6.33 Å². The summed E-state index contributed by atoms with van der Waals surface area (Å²) in [7, 11) is 0. The lowest BCUT2D eigenvalue weighted by Gasteiger charge is -2.27. The van der Waals surface area contributed by atoms with Crippen molar-refractivity contribution in [2.24, 2.45) is 0 Å². The van der Waals surface area contributed by atoms with E-state index in [2.05, 4.69) is 15.7 Å². The molecular weight excluding hydrogens is 384 g/mol. The Labute approximate surface area is 164 Å². The number of halogens is 1. The molecule has 2 amide bonds. The first-order valence-corrected chi connectivity index (χ1v) is 8.87. The number of amides is 2. The first kappa shape index (κ1) is 18.0. The molecule has 0 bridgehead atoms. The molecule has 1 atom stereocenters. The van der Waals surface area contributed by atoms with E-state index in [4.69, 9.17) is 16.3 Å². The molecule has 1 fully saturated rings. The SMILES string of the molecule is O=C1CC(Oc2cc(Cl)cc(CC(=O)Nn3cnc4ccccc4c3=O)c2)N1. The lowest BCUT2D eigenvalue weighted by molar-refractivity contribution is -0.134. The molecule has 142 valence electrons. The van der Waals surface area contributed by atoms with Gasteiger partial charge in [-0.05, 0) is 35.9 Å². The lowest BCUT2D eigenvalue weighted by atomic mass is 10.1. The fourth-order valence-corrected chi connectivity index (χ4v) is 3.11. The molecular formula is C19H15ClN4O4. The van der Waals surface area contributed by atoms with Crippen molar-refractivity contribution in [2.45, 2.75) is 19.1 Å². The fourth-order valence-electron chi connectivity index (χ4n) is 2.86. The monoisotopic (exact) mass is 398 g/mol. The summed E-state index contributed by atoms with van der Waals surface area (Å²) in [4.78, 5) is 39.9. The summed E-state index contributed by atoms with van der Waals surface area (Å²) < 4.78 is 6.65. The Morgan fingerprint density at radius 3 is 2.86 bits per heavy atom. The minimum absolute atomic E-state index is 0.0206. The maximum atomic E-state index is 12.4. The second kappa shape index (κ2) is 7.32. The van der Waals surface area contributed by atoms with Gasteiger partial charge in [-0.15, -0.1) is 0 Å². The van der Waals surface area contributed by atoms with Gasteiger partial charge < -0.3 is 10.1 Å². The molecule has 1 saturated heterocycles. The van der Waals surface area contributed by atoms with Crippen molar-refractivity contribution in [1.82, 2.24) is 15.0 Å². The maximum absolute atomic E-state index is 12.4. The zero-order chi connectivity index (χ0) is 19.7. The molecule has 9 heteroatoms. The molecule has 4 rings (SSSR count). The van der Waals surface area contributed by atoms with Crippen LogP contribution in [0.2, 0.25) is 5.02 Å². The van der Waals surface area contributed by atoms with Crippen molar-refractivity contribution in [3.8, 4) is 5.75 Å². The second-order valence-electron chi connectivity index (χ2n) is 6.32. The third-order valence-electron chi connectivity index (χ3n) is 4.18. The summed E-state index contributed by atoms with van der Waals surface area (Å²) >= 11 is 6.09. The van der Waals surface area contributed by atoms with Crippen molar-refractivity contribution in [2.75, 3.05) is 5.43 Å². The zero-order valence-corrected chi connectivity index (χ0v) is 15.3. The third-order valence-corrected chi connectivity index (χ3v) is 4.40. The summed E-state index contributed by atoms with van der Waals surface area (Å²) in [6.07, 6.45) is 1.14. The van der Waals surface area contributed by atoms with E-state index < -0.39 is 12.1 Å². The van der Waals surface area contributed by atoms with Gasteiger partial charge in [-0.1, -0.05) is 23.7 Å². The number of para-hydroxylation sites is 1. The average molecular weight is 399 g/mol. The van der Waals surface area contributed by atoms with Crippen LogP contribution in [-0.2, 0) is 16.0 Å². The van der Waals surface area contributed by atoms with Crippen LogP contribution < -0.4 is 21.0 Å². The quantitative estimate of drug-likeness (QED) is 0.635. The summed E-state index contributed by atoms with van der Waals surface area (Å²) in [6, 6.07) is 11.8. The number of hydrogen-bond acceptors (Lipinski definition) is 5. The highest BCUT2D eigenvalue weighted by atomic mass is 35.5. The third kappa shape index (κ3) is 3.81. The van der Waals surface area contributed by atoms with Crippen LogP contribution in [0.1, 0.15) is 12.0 Å². The molecule has 28 heavy (non-hydrogen) atoms. The summed E-state index contributed by atoms with van der Waals surface area (Å²) in [5.41, 5.74) is 3.31. The van der Waals surface area contributed by atoms with Crippen molar-refractivity contribution in [3.05, 3.63) is 69.7 Å². The predicted molar refractivity (Wildman–Crippen MR) is 103 cm³/mol. The van der Waals surface area contributed by atoms with Crippen LogP contribution in [0.25, 0.3) is 10.9 Å². The molecule has 0 saturated carbocycles. The van der Waals surface area contributed by atoms with Crippen LogP contribution in [0.4, 0.5) is 0 Å². The minimum atomic E-state index is -0.413. The highest BCUT2D eigenvalue weighted by Gasteiger charge is 2.27. The highest BCUT2D eigenvalue weighted by molar-refractivity contribution is 6.30. The molecule has 0 radical (unpaired) electrons. The summed E-state index contributed by atoms with van der Waals surface area (Å²) in [6.45, 7) is 0. The van der Waals surface area contributed by atoms with Gasteiger partial charge in [-0.3, -0.25) is 19.8 Å². The van der Waals surface area contributed by atoms with E-state index in [1.807, 2.05) is 0 Å². The zero-order valence-electron chi connectivity index (χ0n) is 14.5. The van der Waals surface area contributed by atoms with Gasteiger partial charge in [0, 0.05) is 5.02 Å². The highest BCUT2D eigenvalue weighted by Crippen LogP contribution is 2.23. The van der Waals surface area contributed by atoms with E-state index in [-0.39, 0.29) is 24.3 Å². The Hall–Kier alpha value is -3.39. The fraction of sp³-hybridized carbons (Fsp3) is 0.158. The van der Waals surface area contributed by atoms with E-state index in [0.717, 1.165) is 4.68 Å². The topological polar surface area (TPSA) is 102 Å². The Kier molecular flexibility index (Phi) is 4.70. The first-order valence-electron chi connectivity index (χ1n) is 8.50. The number of hydrogen-bond donors (Lipinski definition) is 2. The van der Waals surface area contributed by atoms with Crippen LogP contribution in [0.3, 0.4) is 0 Å². The van der Waals surface area contributed by atoms with Gasteiger partial charge >= 0.3 is 0 Å². The maximum Gasteiger partial charge on any atom is 0.280 e. The molecule has 8 nitrogen and oxygen atoms in total. The number of carbonyl (C=O) groups excluding carboxylic acids is 2. The van der Waals surface area contributed by atoms with Gasteiger partial charge in [0.2, 0.25) is 11.8 Å². The summed E-state index contributed by atoms with van der Waals surface area (Å²) in [5, 5.41) is 3.40. The normalized spacial score (nSPS) is 15.6. The van der Waals surface area contributed by atoms with E-state index in [9.17, 15) is 14.4 Å². The van der Waals surface area contributed by atoms with Crippen LogP contribution in [0.15, 0.2) is 53.6 Å². The number of β-lactam (4-membered cyclic amide) rings is 1. The van der Waals surface area contributed by atoms with Crippen molar-refractivity contribution < 1.29 is 14.3 Å².